The van der Waals surface area contributed by atoms with Gasteiger partial charge in [0.25, 0.3) is 0 Å². The molecule has 0 radical (unpaired) electrons. The van der Waals surface area contributed by atoms with E-state index in [1.165, 1.54) is 6.04 Å². The van der Waals surface area contributed by atoms with Gasteiger partial charge in [0.2, 0.25) is 0 Å². The van der Waals surface area contributed by atoms with Crippen LogP contribution in [-0.4, -0.2) is 27.8 Å². The van der Waals surface area contributed by atoms with Crippen molar-refractivity contribution in [3.05, 3.63) is 23.8 Å². The lowest BCUT2D eigenvalue weighted by molar-refractivity contribution is 0.252. The first kappa shape index (κ1) is 16.6. The first-order valence-electron chi connectivity index (χ1n) is 7.01. The summed E-state index contributed by atoms with van der Waals surface area (Å²) >= 11 is 0. The topological polar surface area (TPSA) is 50.4 Å². The van der Waals surface area contributed by atoms with Crippen molar-refractivity contribution in [3.8, 4) is 5.75 Å². The van der Waals surface area contributed by atoms with E-state index in [1.54, 1.807) is 7.11 Å². The van der Waals surface area contributed by atoms with E-state index in [-0.39, 0.29) is 6.03 Å². The molecular weight excluding hydrogens is 268 g/mol. The Hall–Kier alpha value is -1.49. The van der Waals surface area contributed by atoms with E-state index < -0.39 is 8.07 Å². The summed E-state index contributed by atoms with van der Waals surface area (Å²) in [5.41, 5.74) is 1.80. The Morgan fingerprint density at radius 2 is 2.00 bits per heavy atom. The Kier molecular flexibility index (Phi) is 6.07. The molecule has 2 N–H and O–H groups in total. The van der Waals surface area contributed by atoms with Crippen LogP contribution < -0.4 is 15.4 Å². The second kappa shape index (κ2) is 7.33. The highest BCUT2D eigenvalue weighted by molar-refractivity contribution is 6.76. The fourth-order valence-corrected chi connectivity index (χ4v) is 3.13. The van der Waals surface area contributed by atoms with Crippen molar-refractivity contribution in [3.63, 3.8) is 0 Å². The Labute approximate surface area is 122 Å². The molecule has 1 aromatic carbocycles. The Balaban J connectivity index is 2.39. The maximum atomic E-state index is 11.8. The van der Waals surface area contributed by atoms with Crippen molar-refractivity contribution in [1.29, 1.82) is 0 Å². The molecule has 1 aromatic rings. The smallest absolute Gasteiger partial charge is 0.319 e. The van der Waals surface area contributed by atoms with Gasteiger partial charge in [0.1, 0.15) is 5.75 Å². The predicted molar refractivity (Wildman–Crippen MR) is 87.5 cm³/mol. The van der Waals surface area contributed by atoms with Crippen LogP contribution in [0.4, 0.5) is 10.5 Å². The summed E-state index contributed by atoms with van der Waals surface area (Å²) in [6, 6.07) is 6.69. The fourth-order valence-electron chi connectivity index (χ4n) is 1.89. The van der Waals surface area contributed by atoms with Gasteiger partial charge in [0.15, 0.2) is 0 Å². The average molecular weight is 294 g/mol. The molecule has 0 aliphatic carbocycles. The zero-order valence-corrected chi connectivity index (χ0v) is 14.2. The molecule has 0 aliphatic heterocycles. The van der Waals surface area contributed by atoms with E-state index in [0.29, 0.717) is 0 Å². The van der Waals surface area contributed by atoms with Gasteiger partial charge in [0, 0.05) is 20.3 Å². The number of hydrogen-bond donors (Lipinski definition) is 2. The standard InChI is InChI=1S/C15H26N2O2Si/c1-12-11-13(19-2)7-8-14(12)17-15(18)16-9-6-10-20(3,4)5/h7-8,11H,6,9-10H2,1-5H3,(H2,16,17,18). The Morgan fingerprint density at radius 3 is 2.55 bits per heavy atom. The van der Waals surface area contributed by atoms with Gasteiger partial charge in [-0.05, 0) is 37.1 Å². The molecule has 4 nitrogen and oxygen atoms in total. The third-order valence-electron chi connectivity index (χ3n) is 3.07. The summed E-state index contributed by atoms with van der Waals surface area (Å²) in [4.78, 5) is 11.8. The van der Waals surface area contributed by atoms with E-state index in [1.807, 2.05) is 25.1 Å². The number of urea groups is 1. The molecule has 0 saturated carbocycles. The Bertz CT molecular complexity index is 456. The minimum Gasteiger partial charge on any atom is -0.497 e. The maximum absolute atomic E-state index is 11.8. The van der Waals surface area contributed by atoms with Gasteiger partial charge in [0.05, 0.1) is 7.11 Å². The SMILES string of the molecule is COc1ccc(NC(=O)NCCC[Si](C)(C)C)c(C)c1. The van der Waals surface area contributed by atoms with Crippen LogP contribution in [0, 0.1) is 6.92 Å². The summed E-state index contributed by atoms with van der Waals surface area (Å²) in [6.45, 7) is 9.70. The lowest BCUT2D eigenvalue weighted by Crippen LogP contribution is -2.31. The highest BCUT2D eigenvalue weighted by Crippen LogP contribution is 2.20. The molecule has 20 heavy (non-hydrogen) atoms. The number of hydrogen-bond acceptors (Lipinski definition) is 2. The van der Waals surface area contributed by atoms with Gasteiger partial charge < -0.3 is 15.4 Å². The first-order valence-corrected chi connectivity index (χ1v) is 10.7. The zero-order chi connectivity index (χ0) is 15.2. The number of rotatable bonds is 6. The summed E-state index contributed by atoms with van der Waals surface area (Å²) in [5, 5.41) is 5.77. The molecule has 2 amide bonds. The van der Waals surface area contributed by atoms with Crippen LogP contribution in [0.5, 0.6) is 5.75 Å². The maximum Gasteiger partial charge on any atom is 0.319 e. The number of carbonyl (C=O) groups excluding carboxylic acids is 1. The number of benzene rings is 1. The van der Waals surface area contributed by atoms with Gasteiger partial charge in [-0.3, -0.25) is 0 Å². The molecule has 0 atom stereocenters. The number of anilines is 1. The van der Waals surface area contributed by atoms with Gasteiger partial charge in [-0.2, -0.15) is 0 Å². The molecule has 0 aromatic heterocycles. The number of amides is 2. The molecule has 112 valence electrons. The summed E-state index contributed by atoms with van der Waals surface area (Å²) in [6.07, 6.45) is 1.05. The van der Waals surface area contributed by atoms with Gasteiger partial charge >= 0.3 is 6.03 Å². The van der Waals surface area contributed by atoms with Crippen molar-refractivity contribution in [1.82, 2.24) is 5.32 Å². The van der Waals surface area contributed by atoms with Crippen molar-refractivity contribution >= 4 is 19.8 Å². The molecule has 0 aliphatic rings. The molecule has 5 heteroatoms. The van der Waals surface area contributed by atoms with Crippen LogP contribution >= 0.6 is 0 Å². The molecule has 0 spiro atoms. The molecule has 0 fully saturated rings. The molecule has 0 heterocycles. The molecule has 0 unspecified atom stereocenters. The first-order chi connectivity index (χ1) is 9.31. The van der Waals surface area contributed by atoms with E-state index in [0.717, 1.165) is 30.0 Å². The van der Waals surface area contributed by atoms with Crippen molar-refractivity contribution in [2.45, 2.75) is 39.0 Å². The molecular formula is C15H26N2O2Si. The van der Waals surface area contributed by atoms with Gasteiger partial charge in [-0.1, -0.05) is 25.7 Å². The van der Waals surface area contributed by atoms with E-state index >= 15 is 0 Å². The second-order valence-electron chi connectivity index (χ2n) is 6.23. The van der Waals surface area contributed by atoms with E-state index in [2.05, 4.69) is 30.3 Å². The highest BCUT2D eigenvalue weighted by Gasteiger charge is 2.12. The molecule has 0 saturated heterocycles. The lowest BCUT2D eigenvalue weighted by Gasteiger charge is -2.16. The number of carbonyl (C=O) groups is 1. The van der Waals surface area contributed by atoms with Crippen LogP contribution in [0.15, 0.2) is 18.2 Å². The summed E-state index contributed by atoms with van der Waals surface area (Å²) < 4.78 is 5.14. The molecule has 0 bridgehead atoms. The van der Waals surface area contributed by atoms with Crippen LogP contribution in [0.3, 0.4) is 0 Å². The quantitative estimate of drug-likeness (QED) is 0.618. The average Bonchev–Trinajstić information content (AvgIpc) is 2.36. The van der Waals surface area contributed by atoms with Crippen LogP contribution in [0.2, 0.25) is 25.7 Å². The van der Waals surface area contributed by atoms with Crippen LogP contribution in [-0.2, 0) is 0 Å². The van der Waals surface area contributed by atoms with Gasteiger partial charge in [-0.15, -0.1) is 0 Å². The predicted octanol–water partition coefficient (Wildman–Crippen LogP) is 3.85. The fraction of sp³-hybridized carbons (Fsp3) is 0.533. The molecule has 1 rings (SSSR count). The van der Waals surface area contributed by atoms with Crippen molar-refractivity contribution in [2.24, 2.45) is 0 Å². The largest absolute Gasteiger partial charge is 0.497 e. The monoisotopic (exact) mass is 294 g/mol. The van der Waals surface area contributed by atoms with Crippen LogP contribution in [0.25, 0.3) is 0 Å². The number of methoxy groups -OCH3 is 1. The van der Waals surface area contributed by atoms with E-state index in [4.69, 9.17) is 4.74 Å². The zero-order valence-electron chi connectivity index (χ0n) is 13.2. The minimum atomic E-state index is -1.01. The van der Waals surface area contributed by atoms with Gasteiger partial charge in [-0.25, -0.2) is 4.79 Å². The third kappa shape index (κ3) is 6.10. The lowest BCUT2D eigenvalue weighted by atomic mass is 10.2. The number of aryl methyl sites for hydroxylation is 1. The van der Waals surface area contributed by atoms with Crippen molar-refractivity contribution < 1.29 is 9.53 Å². The van der Waals surface area contributed by atoms with Crippen molar-refractivity contribution in [2.75, 3.05) is 19.0 Å². The summed E-state index contributed by atoms with van der Waals surface area (Å²) in [5.74, 6) is 0.795. The number of ether oxygens (including phenoxy) is 1. The van der Waals surface area contributed by atoms with E-state index in [9.17, 15) is 4.79 Å². The third-order valence-corrected chi connectivity index (χ3v) is 4.92. The second-order valence-corrected chi connectivity index (χ2v) is 11.8. The minimum absolute atomic E-state index is 0.145. The Morgan fingerprint density at radius 1 is 1.30 bits per heavy atom. The normalized spacial score (nSPS) is 11.1. The van der Waals surface area contributed by atoms with Crippen LogP contribution in [0.1, 0.15) is 12.0 Å². The summed E-state index contributed by atoms with van der Waals surface area (Å²) in [7, 11) is 0.624. The number of nitrogens with one attached hydrogen (secondary N) is 2. The highest BCUT2D eigenvalue weighted by atomic mass is 28.3.